The number of aliphatic hydroxyl groups excluding tert-OH is 1. The third kappa shape index (κ3) is 14.6. The third-order valence-electron chi connectivity index (χ3n) is 6.56. The van der Waals surface area contributed by atoms with E-state index in [1.165, 1.54) is 89.3 Å². The van der Waals surface area contributed by atoms with E-state index in [1.54, 1.807) is 0 Å². The first-order chi connectivity index (χ1) is 14.8. The zero-order valence-corrected chi connectivity index (χ0v) is 21.8. The number of halogens is 2. The maximum atomic E-state index is 9.56. The summed E-state index contributed by atoms with van der Waals surface area (Å²) in [4.78, 5) is 4.78. The zero-order chi connectivity index (χ0) is 21.8. The molecule has 0 spiro atoms. The van der Waals surface area contributed by atoms with Gasteiger partial charge in [0.15, 0.2) is 0 Å². The molecule has 1 rings (SSSR count). The molecule has 1 atom stereocenters. The van der Waals surface area contributed by atoms with E-state index >= 15 is 0 Å². The molecular formula is C26H50Cl2N2O. The molecule has 1 unspecified atom stereocenters. The van der Waals surface area contributed by atoms with Crippen LogP contribution in [-0.4, -0.2) is 54.1 Å². The molecule has 0 aromatic rings. The Bertz CT molecular complexity index is 457. The van der Waals surface area contributed by atoms with Crippen molar-refractivity contribution in [2.45, 2.75) is 110 Å². The van der Waals surface area contributed by atoms with Crippen molar-refractivity contribution in [3.05, 3.63) is 12.2 Å². The summed E-state index contributed by atoms with van der Waals surface area (Å²) >= 11 is 5.86. The largest absolute Gasteiger partial charge is 1.00 e. The van der Waals surface area contributed by atoms with Gasteiger partial charge in [0, 0.05) is 5.88 Å². The lowest BCUT2D eigenvalue weighted by molar-refractivity contribution is -0.837. The monoisotopic (exact) mass is 476 g/mol. The van der Waals surface area contributed by atoms with Gasteiger partial charge in [0.25, 0.3) is 0 Å². The lowest BCUT2D eigenvalue weighted by atomic mass is 10.0. The predicted molar refractivity (Wildman–Crippen MR) is 134 cm³/mol. The Hall–Kier alpha value is -0.0900. The molecule has 0 fully saturated rings. The molecule has 184 valence electrons. The van der Waals surface area contributed by atoms with Crippen LogP contribution in [0.4, 0.5) is 0 Å². The van der Waals surface area contributed by atoms with Crippen LogP contribution >= 0.6 is 11.6 Å². The molecule has 0 aromatic carbocycles. The number of aliphatic imine (C=N–C) groups is 1. The van der Waals surface area contributed by atoms with Gasteiger partial charge in [-0.2, -0.15) is 0 Å². The van der Waals surface area contributed by atoms with Crippen LogP contribution in [0.2, 0.25) is 0 Å². The van der Waals surface area contributed by atoms with Crippen LogP contribution in [0.1, 0.15) is 110 Å². The summed E-state index contributed by atoms with van der Waals surface area (Å²) in [5, 5.41) is 9.56. The van der Waals surface area contributed by atoms with Crippen LogP contribution in [-0.2, 0) is 0 Å². The fraction of sp³-hybridized carbons (Fsp3) is 0.885. The minimum atomic E-state index is 0. The van der Waals surface area contributed by atoms with Gasteiger partial charge >= 0.3 is 0 Å². The van der Waals surface area contributed by atoms with Gasteiger partial charge in [-0.05, 0) is 25.7 Å². The molecule has 31 heavy (non-hydrogen) atoms. The highest BCUT2D eigenvalue weighted by Gasteiger charge is 2.36. The van der Waals surface area contributed by atoms with Crippen molar-refractivity contribution < 1.29 is 22.0 Å². The maximum absolute atomic E-state index is 9.56. The van der Waals surface area contributed by atoms with E-state index in [-0.39, 0.29) is 19.0 Å². The standard InChI is InChI=1S/C26H50ClN2O.ClH/c1-2-3-4-5-6-7-8-9-10-11-12-13-14-15-16-19-26-28-21-23-29(26,24-25-30)22-18-17-20-27;/h15-16,30H,2-14,17-25H2,1H3;1H/q+1;/p-1. The number of alkyl halides is 1. The number of aliphatic hydroxyl groups is 1. The smallest absolute Gasteiger partial charge is 0.202 e. The first-order valence-electron chi connectivity index (χ1n) is 13.0. The molecule has 0 saturated heterocycles. The van der Waals surface area contributed by atoms with Gasteiger partial charge in [-0.15, -0.1) is 11.6 Å². The molecule has 1 aliphatic rings. The van der Waals surface area contributed by atoms with E-state index in [9.17, 15) is 5.11 Å². The number of hydrogen-bond donors (Lipinski definition) is 1. The van der Waals surface area contributed by atoms with Crippen molar-refractivity contribution in [3.63, 3.8) is 0 Å². The summed E-state index contributed by atoms with van der Waals surface area (Å²) in [5.41, 5.74) is 0. The summed E-state index contributed by atoms with van der Waals surface area (Å²) < 4.78 is 0.885. The Kier molecular flexibility index (Phi) is 21.7. The van der Waals surface area contributed by atoms with E-state index in [4.69, 9.17) is 16.6 Å². The number of quaternary nitrogens is 1. The number of allylic oxidation sites excluding steroid dienone is 1. The summed E-state index contributed by atoms with van der Waals surface area (Å²) in [6.07, 6.45) is 25.9. The second-order valence-corrected chi connectivity index (χ2v) is 9.46. The van der Waals surface area contributed by atoms with Gasteiger partial charge < -0.3 is 17.5 Å². The first-order valence-corrected chi connectivity index (χ1v) is 13.5. The van der Waals surface area contributed by atoms with Gasteiger partial charge in [-0.1, -0.05) is 89.7 Å². The lowest BCUT2D eigenvalue weighted by Crippen LogP contribution is -3.00. The fourth-order valence-corrected chi connectivity index (χ4v) is 4.80. The Morgan fingerprint density at radius 2 is 1.45 bits per heavy atom. The normalized spacial score (nSPS) is 18.5. The van der Waals surface area contributed by atoms with Crippen LogP contribution < -0.4 is 12.4 Å². The van der Waals surface area contributed by atoms with Gasteiger partial charge in [-0.25, -0.2) is 4.99 Å². The minimum Gasteiger partial charge on any atom is -1.00 e. The summed E-state index contributed by atoms with van der Waals surface area (Å²) in [5.74, 6) is 1.99. The Morgan fingerprint density at radius 1 is 0.839 bits per heavy atom. The second kappa shape index (κ2) is 21.7. The molecule has 0 bridgehead atoms. The molecule has 0 radical (unpaired) electrons. The quantitative estimate of drug-likeness (QED) is 0.114. The lowest BCUT2D eigenvalue weighted by Gasteiger charge is -2.34. The highest BCUT2D eigenvalue weighted by Crippen LogP contribution is 2.20. The van der Waals surface area contributed by atoms with Gasteiger partial charge in [0.1, 0.15) is 13.1 Å². The van der Waals surface area contributed by atoms with Gasteiger partial charge in [0.2, 0.25) is 5.84 Å². The molecule has 0 aliphatic carbocycles. The molecule has 0 amide bonds. The van der Waals surface area contributed by atoms with Crippen LogP contribution in [0.15, 0.2) is 17.1 Å². The molecule has 5 heteroatoms. The summed E-state index contributed by atoms with van der Waals surface area (Å²) in [7, 11) is 0. The highest BCUT2D eigenvalue weighted by atomic mass is 35.5. The average molecular weight is 478 g/mol. The maximum Gasteiger partial charge on any atom is 0.202 e. The van der Waals surface area contributed by atoms with E-state index in [2.05, 4.69) is 19.1 Å². The molecular weight excluding hydrogens is 427 g/mol. The van der Waals surface area contributed by atoms with Crippen molar-refractivity contribution in [2.75, 3.05) is 38.7 Å². The van der Waals surface area contributed by atoms with Crippen molar-refractivity contribution in [1.29, 1.82) is 0 Å². The molecule has 1 heterocycles. The number of unbranched alkanes of at least 4 members (excludes halogenated alkanes) is 13. The molecule has 3 nitrogen and oxygen atoms in total. The van der Waals surface area contributed by atoms with Crippen LogP contribution in [0, 0.1) is 0 Å². The number of nitrogens with zero attached hydrogens (tertiary/aromatic N) is 2. The number of rotatable bonds is 21. The number of amidine groups is 1. The molecule has 0 saturated carbocycles. The van der Waals surface area contributed by atoms with E-state index < -0.39 is 0 Å². The Morgan fingerprint density at radius 3 is 2.03 bits per heavy atom. The fourth-order valence-electron chi connectivity index (χ4n) is 4.61. The molecule has 0 aromatic heterocycles. The Balaban J connectivity index is 0.00000900. The number of hydrogen-bond acceptors (Lipinski definition) is 2. The van der Waals surface area contributed by atoms with Crippen molar-refractivity contribution in [2.24, 2.45) is 4.99 Å². The predicted octanol–water partition coefficient (Wildman–Crippen LogP) is 4.27. The van der Waals surface area contributed by atoms with Crippen molar-refractivity contribution >= 4 is 17.4 Å². The van der Waals surface area contributed by atoms with Crippen LogP contribution in [0.5, 0.6) is 0 Å². The highest BCUT2D eigenvalue weighted by molar-refractivity contribution is 6.17. The van der Waals surface area contributed by atoms with Crippen LogP contribution in [0.25, 0.3) is 0 Å². The third-order valence-corrected chi connectivity index (χ3v) is 6.83. The summed E-state index contributed by atoms with van der Waals surface area (Å²) in [6.45, 7) is 6.34. The zero-order valence-electron chi connectivity index (χ0n) is 20.3. The molecule has 1 N–H and O–H groups in total. The first kappa shape index (κ1) is 30.9. The molecule has 1 aliphatic heterocycles. The average Bonchev–Trinajstić information content (AvgIpc) is 3.13. The van der Waals surface area contributed by atoms with Crippen molar-refractivity contribution in [3.8, 4) is 0 Å². The van der Waals surface area contributed by atoms with Gasteiger partial charge in [-0.3, -0.25) is 4.48 Å². The van der Waals surface area contributed by atoms with Crippen LogP contribution in [0.3, 0.4) is 0 Å². The minimum absolute atomic E-state index is 0. The SMILES string of the molecule is CCCCCCCCCCCCCCC=CCC1=NCC[N+]1(CCO)CCCCCl.[Cl-]. The van der Waals surface area contributed by atoms with Gasteiger partial charge in [0.05, 0.1) is 26.1 Å². The second-order valence-electron chi connectivity index (χ2n) is 9.09. The topological polar surface area (TPSA) is 32.6 Å². The van der Waals surface area contributed by atoms with Crippen molar-refractivity contribution in [1.82, 2.24) is 0 Å². The van der Waals surface area contributed by atoms with E-state index in [0.29, 0.717) is 0 Å². The summed E-state index contributed by atoms with van der Waals surface area (Å²) in [6, 6.07) is 0. The van der Waals surface area contributed by atoms with E-state index in [0.717, 1.165) is 55.8 Å². The van der Waals surface area contributed by atoms with E-state index in [1.807, 2.05) is 0 Å². The Labute approximate surface area is 204 Å².